The minimum absolute atomic E-state index is 0.521. The van der Waals surface area contributed by atoms with E-state index in [-0.39, 0.29) is 0 Å². The van der Waals surface area contributed by atoms with Gasteiger partial charge in [0.05, 0.1) is 0 Å². The molecule has 0 aromatic rings. The fourth-order valence-electron chi connectivity index (χ4n) is 3.65. The molecule has 3 nitrogen and oxygen atoms in total. The number of likely N-dealkylation sites (N-methyl/N-ethyl adjacent to an activating group) is 1. The normalized spacial score (nSPS) is 19.5. The summed E-state index contributed by atoms with van der Waals surface area (Å²) in [6, 6.07) is 0. The molecule has 0 saturated heterocycles. The highest BCUT2D eigenvalue weighted by Crippen LogP contribution is 2.35. The molecule has 1 fully saturated rings. The van der Waals surface area contributed by atoms with E-state index in [1.165, 1.54) is 77.7 Å². The number of nitrogens with zero attached hydrogens (tertiary/aromatic N) is 2. The van der Waals surface area contributed by atoms with Crippen molar-refractivity contribution < 1.29 is 0 Å². The Morgan fingerprint density at radius 3 is 2.10 bits per heavy atom. The van der Waals surface area contributed by atoms with Crippen LogP contribution in [0.2, 0.25) is 0 Å². The molecule has 0 bridgehead atoms. The molecule has 0 unspecified atom stereocenters. The zero-order valence-corrected chi connectivity index (χ0v) is 14.4. The van der Waals surface area contributed by atoms with E-state index in [1.807, 2.05) is 0 Å². The van der Waals surface area contributed by atoms with Crippen molar-refractivity contribution in [1.82, 2.24) is 15.1 Å². The summed E-state index contributed by atoms with van der Waals surface area (Å²) in [5, 5.41) is 3.48. The molecule has 0 heterocycles. The van der Waals surface area contributed by atoms with Crippen LogP contribution in [0, 0.1) is 5.41 Å². The highest BCUT2D eigenvalue weighted by atomic mass is 15.2. The maximum absolute atomic E-state index is 3.48. The Balaban J connectivity index is 2.62. The summed E-state index contributed by atoms with van der Waals surface area (Å²) < 4.78 is 0. The van der Waals surface area contributed by atoms with Gasteiger partial charge >= 0.3 is 0 Å². The van der Waals surface area contributed by atoms with E-state index >= 15 is 0 Å². The van der Waals surface area contributed by atoms with Crippen LogP contribution in [0.3, 0.4) is 0 Å². The molecule has 1 N–H and O–H groups in total. The van der Waals surface area contributed by atoms with E-state index in [1.54, 1.807) is 0 Å². The van der Waals surface area contributed by atoms with Gasteiger partial charge in [0.15, 0.2) is 0 Å². The van der Waals surface area contributed by atoms with Crippen LogP contribution < -0.4 is 5.32 Å². The molecule has 1 aliphatic rings. The first-order chi connectivity index (χ1) is 9.62. The van der Waals surface area contributed by atoms with Crippen molar-refractivity contribution >= 4 is 0 Å². The SMILES string of the molecule is CCCN(CCN(C)C)CC1(CNC)CCCCCC1. The second kappa shape index (κ2) is 9.75. The second-order valence-electron chi connectivity index (χ2n) is 7.02. The molecule has 0 amide bonds. The van der Waals surface area contributed by atoms with Crippen molar-refractivity contribution in [3.8, 4) is 0 Å². The molecule has 20 heavy (non-hydrogen) atoms. The monoisotopic (exact) mass is 283 g/mol. The molecule has 0 aromatic carbocycles. The highest BCUT2D eigenvalue weighted by Gasteiger charge is 2.32. The van der Waals surface area contributed by atoms with Crippen LogP contribution in [0.1, 0.15) is 51.9 Å². The Morgan fingerprint density at radius 2 is 1.60 bits per heavy atom. The largest absolute Gasteiger partial charge is 0.319 e. The molecule has 0 aliphatic heterocycles. The van der Waals surface area contributed by atoms with Crippen LogP contribution in [0.15, 0.2) is 0 Å². The van der Waals surface area contributed by atoms with E-state index in [0.29, 0.717) is 5.41 Å². The highest BCUT2D eigenvalue weighted by molar-refractivity contribution is 4.86. The lowest BCUT2D eigenvalue weighted by molar-refractivity contribution is 0.122. The molecule has 1 rings (SSSR count). The molecule has 0 spiro atoms. The molecule has 120 valence electrons. The van der Waals surface area contributed by atoms with Crippen molar-refractivity contribution in [2.24, 2.45) is 5.41 Å². The quantitative estimate of drug-likeness (QED) is 0.657. The van der Waals surface area contributed by atoms with Crippen LogP contribution in [0.4, 0.5) is 0 Å². The maximum atomic E-state index is 3.48. The van der Waals surface area contributed by atoms with Gasteiger partial charge in [0.1, 0.15) is 0 Å². The van der Waals surface area contributed by atoms with Crippen molar-refractivity contribution in [1.29, 1.82) is 0 Å². The van der Waals surface area contributed by atoms with Crippen LogP contribution in [-0.2, 0) is 0 Å². The lowest BCUT2D eigenvalue weighted by Crippen LogP contribution is -2.45. The summed E-state index contributed by atoms with van der Waals surface area (Å²) in [5.41, 5.74) is 0.521. The molecule has 0 radical (unpaired) electrons. The summed E-state index contributed by atoms with van der Waals surface area (Å²) in [7, 11) is 6.48. The molecule has 0 aromatic heterocycles. The third-order valence-electron chi connectivity index (χ3n) is 4.68. The fourth-order valence-corrected chi connectivity index (χ4v) is 3.65. The van der Waals surface area contributed by atoms with E-state index in [0.717, 1.165) is 0 Å². The van der Waals surface area contributed by atoms with Crippen molar-refractivity contribution in [3.63, 3.8) is 0 Å². The minimum Gasteiger partial charge on any atom is -0.319 e. The molecule has 1 saturated carbocycles. The maximum Gasteiger partial charge on any atom is 0.0109 e. The lowest BCUT2D eigenvalue weighted by atomic mass is 9.79. The van der Waals surface area contributed by atoms with Crippen molar-refractivity contribution in [2.75, 3.05) is 53.9 Å². The summed E-state index contributed by atoms with van der Waals surface area (Å²) in [4.78, 5) is 5.02. The third-order valence-corrected chi connectivity index (χ3v) is 4.68. The van der Waals surface area contributed by atoms with Crippen molar-refractivity contribution in [2.45, 2.75) is 51.9 Å². The van der Waals surface area contributed by atoms with Gasteiger partial charge in [-0.05, 0) is 52.4 Å². The van der Waals surface area contributed by atoms with E-state index in [4.69, 9.17) is 0 Å². The van der Waals surface area contributed by atoms with Gasteiger partial charge in [-0.2, -0.15) is 0 Å². The first-order valence-electron chi connectivity index (χ1n) is 8.63. The van der Waals surface area contributed by atoms with Gasteiger partial charge in [-0.1, -0.05) is 32.6 Å². The molecular weight excluding hydrogens is 246 g/mol. The molecule has 3 heteroatoms. The lowest BCUT2D eigenvalue weighted by Gasteiger charge is -2.38. The van der Waals surface area contributed by atoms with Gasteiger partial charge in [-0.15, -0.1) is 0 Å². The van der Waals surface area contributed by atoms with Crippen LogP contribution in [-0.4, -0.2) is 63.7 Å². The molecule has 1 aliphatic carbocycles. The predicted molar refractivity (Wildman–Crippen MR) is 89.3 cm³/mol. The summed E-state index contributed by atoms with van der Waals surface area (Å²) in [5.74, 6) is 0. The number of nitrogens with one attached hydrogen (secondary N) is 1. The van der Waals surface area contributed by atoms with E-state index in [9.17, 15) is 0 Å². The number of rotatable bonds is 9. The molecular formula is C17H37N3. The van der Waals surface area contributed by atoms with Gasteiger partial charge in [0.2, 0.25) is 0 Å². The van der Waals surface area contributed by atoms with Gasteiger partial charge in [-0.25, -0.2) is 0 Å². The van der Waals surface area contributed by atoms with Gasteiger partial charge in [-0.3, -0.25) is 0 Å². The second-order valence-corrected chi connectivity index (χ2v) is 7.02. The van der Waals surface area contributed by atoms with E-state index in [2.05, 4.69) is 43.2 Å². The average Bonchev–Trinajstić information content (AvgIpc) is 2.63. The fraction of sp³-hybridized carbons (Fsp3) is 1.00. The van der Waals surface area contributed by atoms with E-state index < -0.39 is 0 Å². The van der Waals surface area contributed by atoms with Gasteiger partial charge in [0.25, 0.3) is 0 Å². The Bertz CT molecular complexity index is 232. The predicted octanol–water partition coefficient (Wildman–Crippen LogP) is 2.82. The smallest absolute Gasteiger partial charge is 0.0109 e. The topological polar surface area (TPSA) is 18.5 Å². The zero-order valence-electron chi connectivity index (χ0n) is 14.4. The first-order valence-corrected chi connectivity index (χ1v) is 8.63. The minimum atomic E-state index is 0.521. The first kappa shape index (κ1) is 17.9. The standard InChI is InChI=1S/C17H37N3/c1-5-12-20(14-13-19(3)4)16-17(15-18-2)10-8-6-7-9-11-17/h18H,5-16H2,1-4H3. The Hall–Kier alpha value is -0.120. The van der Waals surface area contributed by atoms with Crippen LogP contribution in [0.25, 0.3) is 0 Å². The van der Waals surface area contributed by atoms with Gasteiger partial charge < -0.3 is 15.1 Å². The number of hydrogen-bond acceptors (Lipinski definition) is 3. The number of hydrogen-bond donors (Lipinski definition) is 1. The Labute approximate surface area is 127 Å². The van der Waals surface area contributed by atoms with Crippen molar-refractivity contribution in [3.05, 3.63) is 0 Å². The summed E-state index contributed by atoms with van der Waals surface area (Å²) in [6.45, 7) is 8.42. The van der Waals surface area contributed by atoms with Gasteiger partial charge in [0, 0.05) is 26.2 Å². The van der Waals surface area contributed by atoms with Crippen LogP contribution >= 0.6 is 0 Å². The summed E-state index contributed by atoms with van der Waals surface area (Å²) in [6.07, 6.45) is 9.83. The Morgan fingerprint density at radius 1 is 0.950 bits per heavy atom. The van der Waals surface area contributed by atoms with Crippen LogP contribution in [0.5, 0.6) is 0 Å². The third kappa shape index (κ3) is 6.55. The Kier molecular flexibility index (Phi) is 8.74. The zero-order chi connectivity index (χ0) is 14.8. The summed E-state index contributed by atoms with van der Waals surface area (Å²) >= 11 is 0. The average molecular weight is 284 g/mol. The molecule has 0 atom stereocenters.